The van der Waals surface area contributed by atoms with Crippen LogP contribution in [0.25, 0.3) is 0 Å². The minimum atomic E-state index is 0.705. The Morgan fingerprint density at radius 2 is 2.13 bits per heavy atom. The van der Waals surface area contributed by atoms with E-state index in [1.807, 2.05) is 25.2 Å². The molecule has 0 amide bonds. The summed E-state index contributed by atoms with van der Waals surface area (Å²) in [6, 6.07) is 10.3. The maximum absolute atomic E-state index is 5.69. The van der Waals surface area contributed by atoms with Gasteiger partial charge in [0, 0.05) is 32.0 Å². The van der Waals surface area contributed by atoms with Gasteiger partial charge in [-0.15, -0.1) is 0 Å². The Balaban J connectivity index is 1.45. The summed E-state index contributed by atoms with van der Waals surface area (Å²) in [6.07, 6.45) is 4.84. The van der Waals surface area contributed by atoms with Crippen molar-refractivity contribution in [3.05, 3.63) is 35.9 Å². The highest BCUT2D eigenvalue weighted by Gasteiger charge is 2.15. The van der Waals surface area contributed by atoms with Crippen molar-refractivity contribution in [2.45, 2.75) is 37.5 Å². The zero-order valence-electron chi connectivity index (χ0n) is 14.1. The van der Waals surface area contributed by atoms with E-state index in [4.69, 9.17) is 4.74 Å². The predicted molar refractivity (Wildman–Crippen MR) is 100 cm³/mol. The molecule has 1 fully saturated rings. The lowest BCUT2D eigenvalue weighted by Crippen LogP contribution is -2.40. The number of guanidine groups is 1. The first-order valence-corrected chi connectivity index (χ1v) is 9.61. The molecule has 1 saturated heterocycles. The third-order valence-corrected chi connectivity index (χ3v) is 5.26. The van der Waals surface area contributed by atoms with E-state index in [9.17, 15) is 0 Å². The fourth-order valence-corrected chi connectivity index (χ4v) is 3.74. The Morgan fingerprint density at radius 1 is 1.26 bits per heavy atom. The van der Waals surface area contributed by atoms with Crippen LogP contribution < -0.4 is 10.6 Å². The smallest absolute Gasteiger partial charge is 0.191 e. The lowest BCUT2D eigenvalue weighted by molar-refractivity contribution is 0.117. The molecule has 0 aromatic heterocycles. The van der Waals surface area contributed by atoms with Crippen molar-refractivity contribution in [2.24, 2.45) is 4.99 Å². The second kappa shape index (κ2) is 11.4. The summed E-state index contributed by atoms with van der Waals surface area (Å²) in [5.41, 5.74) is 1.24. The van der Waals surface area contributed by atoms with Gasteiger partial charge in [-0.05, 0) is 37.0 Å². The van der Waals surface area contributed by atoms with Gasteiger partial charge in [-0.25, -0.2) is 0 Å². The van der Waals surface area contributed by atoms with Crippen LogP contribution in [-0.4, -0.2) is 43.7 Å². The highest BCUT2D eigenvalue weighted by atomic mass is 32.2. The summed E-state index contributed by atoms with van der Waals surface area (Å²) in [7, 11) is 1.83. The third-order valence-electron chi connectivity index (χ3n) is 3.86. The van der Waals surface area contributed by atoms with Crippen LogP contribution in [0.15, 0.2) is 35.3 Å². The minimum Gasteiger partial charge on any atom is -0.377 e. The van der Waals surface area contributed by atoms with E-state index in [1.165, 1.54) is 24.2 Å². The first kappa shape index (κ1) is 18.1. The van der Waals surface area contributed by atoms with Crippen molar-refractivity contribution >= 4 is 17.7 Å². The Bertz CT molecular complexity index is 447. The number of hydrogen-bond acceptors (Lipinski definition) is 3. The van der Waals surface area contributed by atoms with Crippen molar-refractivity contribution < 1.29 is 4.74 Å². The van der Waals surface area contributed by atoms with E-state index in [0.717, 1.165) is 43.7 Å². The maximum atomic E-state index is 5.69. The summed E-state index contributed by atoms with van der Waals surface area (Å²) in [5.74, 6) is 2.23. The molecule has 0 saturated carbocycles. The van der Waals surface area contributed by atoms with Crippen molar-refractivity contribution in [1.29, 1.82) is 0 Å². The molecule has 4 nitrogen and oxygen atoms in total. The molecule has 2 N–H and O–H groups in total. The molecule has 0 spiro atoms. The zero-order valence-corrected chi connectivity index (χ0v) is 14.9. The minimum absolute atomic E-state index is 0.705. The van der Waals surface area contributed by atoms with Gasteiger partial charge in [0.25, 0.3) is 0 Å². The molecule has 1 aromatic rings. The molecule has 1 aliphatic heterocycles. The van der Waals surface area contributed by atoms with Crippen LogP contribution in [-0.2, 0) is 11.3 Å². The molecular formula is C18H29N3OS. The van der Waals surface area contributed by atoms with Gasteiger partial charge in [-0.1, -0.05) is 30.3 Å². The third kappa shape index (κ3) is 7.75. The average Bonchev–Trinajstić information content (AvgIpc) is 3.11. The molecule has 1 aliphatic rings. The predicted octanol–water partition coefficient (Wildman–Crippen LogP) is 3.04. The number of thioether (sulfide) groups is 1. The molecule has 1 atom stereocenters. The highest BCUT2D eigenvalue weighted by molar-refractivity contribution is 8.00. The summed E-state index contributed by atoms with van der Waals surface area (Å²) >= 11 is 2.07. The molecule has 128 valence electrons. The summed E-state index contributed by atoms with van der Waals surface area (Å²) < 4.78 is 5.69. The normalized spacial score (nSPS) is 18.1. The fraction of sp³-hybridized carbons (Fsp3) is 0.611. The second-order valence-corrected chi connectivity index (χ2v) is 7.17. The van der Waals surface area contributed by atoms with E-state index in [0.29, 0.717) is 6.61 Å². The fourth-order valence-electron chi connectivity index (χ4n) is 2.54. The van der Waals surface area contributed by atoms with Crippen molar-refractivity contribution in [3.63, 3.8) is 0 Å². The molecule has 0 aliphatic carbocycles. The number of aliphatic imine (C=N–C) groups is 1. The SMILES string of the molecule is CN=C(NCCCCOCc1ccccc1)NCC1CCCS1. The van der Waals surface area contributed by atoms with Gasteiger partial charge in [-0.3, -0.25) is 4.99 Å². The van der Waals surface area contributed by atoms with Gasteiger partial charge in [0.2, 0.25) is 0 Å². The molecule has 2 rings (SSSR count). The Labute approximate surface area is 144 Å². The Kier molecular flexibility index (Phi) is 8.96. The number of nitrogens with zero attached hydrogens (tertiary/aromatic N) is 1. The summed E-state index contributed by atoms with van der Waals surface area (Å²) in [5, 5.41) is 7.55. The first-order chi connectivity index (χ1) is 11.4. The number of hydrogen-bond donors (Lipinski definition) is 2. The highest BCUT2D eigenvalue weighted by Crippen LogP contribution is 2.25. The number of unbranched alkanes of at least 4 members (excludes halogenated alkanes) is 1. The molecule has 23 heavy (non-hydrogen) atoms. The van der Waals surface area contributed by atoms with Crippen LogP contribution >= 0.6 is 11.8 Å². The molecule has 1 heterocycles. The van der Waals surface area contributed by atoms with Crippen LogP contribution in [0.5, 0.6) is 0 Å². The second-order valence-electron chi connectivity index (χ2n) is 5.76. The molecular weight excluding hydrogens is 306 g/mol. The van der Waals surface area contributed by atoms with Crippen LogP contribution in [0.3, 0.4) is 0 Å². The standard InChI is InChI=1S/C18H29N3OS/c1-19-18(21-14-17-10-7-13-23-17)20-11-5-6-12-22-15-16-8-3-2-4-9-16/h2-4,8-9,17H,5-7,10-15H2,1H3,(H2,19,20,21). The topological polar surface area (TPSA) is 45.7 Å². The molecule has 1 aromatic carbocycles. The van der Waals surface area contributed by atoms with Crippen molar-refractivity contribution in [2.75, 3.05) is 32.5 Å². The molecule has 0 bridgehead atoms. The summed E-state index contributed by atoms with van der Waals surface area (Å²) in [4.78, 5) is 4.28. The lowest BCUT2D eigenvalue weighted by atomic mass is 10.2. The Hall–Kier alpha value is -1.20. The maximum Gasteiger partial charge on any atom is 0.191 e. The van der Waals surface area contributed by atoms with Gasteiger partial charge < -0.3 is 15.4 Å². The zero-order chi connectivity index (χ0) is 16.2. The van der Waals surface area contributed by atoms with Crippen LogP contribution in [0.4, 0.5) is 0 Å². The van der Waals surface area contributed by atoms with E-state index in [-0.39, 0.29) is 0 Å². The quantitative estimate of drug-likeness (QED) is 0.414. The first-order valence-electron chi connectivity index (χ1n) is 8.56. The number of nitrogens with one attached hydrogen (secondary N) is 2. The van der Waals surface area contributed by atoms with E-state index in [1.54, 1.807) is 0 Å². The average molecular weight is 336 g/mol. The van der Waals surface area contributed by atoms with Gasteiger partial charge >= 0.3 is 0 Å². The molecule has 1 unspecified atom stereocenters. The number of rotatable bonds is 9. The van der Waals surface area contributed by atoms with Gasteiger partial charge in [0.15, 0.2) is 5.96 Å². The lowest BCUT2D eigenvalue weighted by Gasteiger charge is -2.14. The van der Waals surface area contributed by atoms with Gasteiger partial charge in [0.1, 0.15) is 0 Å². The number of benzene rings is 1. The monoisotopic (exact) mass is 335 g/mol. The van der Waals surface area contributed by atoms with Crippen LogP contribution in [0, 0.1) is 0 Å². The van der Waals surface area contributed by atoms with Crippen molar-refractivity contribution in [1.82, 2.24) is 10.6 Å². The van der Waals surface area contributed by atoms with E-state index in [2.05, 4.69) is 39.5 Å². The molecule has 5 heteroatoms. The van der Waals surface area contributed by atoms with Gasteiger partial charge in [-0.2, -0.15) is 11.8 Å². The van der Waals surface area contributed by atoms with Crippen LogP contribution in [0.2, 0.25) is 0 Å². The molecule has 0 radical (unpaired) electrons. The van der Waals surface area contributed by atoms with Crippen molar-refractivity contribution in [3.8, 4) is 0 Å². The van der Waals surface area contributed by atoms with E-state index >= 15 is 0 Å². The summed E-state index contributed by atoms with van der Waals surface area (Å²) in [6.45, 7) is 3.47. The number of ether oxygens (including phenoxy) is 1. The van der Waals surface area contributed by atoms with Crippen LogP contribution in [0.1, 0.15) is 31.2 Å². The largest absolute Gasteiger partial charge is 0.377 e. The Morgan fingerprint density at radius 3 is 2.87 bits per heavy atom. The van der Waals surface area contributed by atoms with Gasteiger partial charge in [0.05, 0.1) is 6.61 Å². The van der Waals surface area contributed by atoms with E-state index < -0.39 is 0 Å².